The molecule has 13 heavy (non-hydrogen) atoms. The Balaban J connectivity index is 0. The van der Waals surface area contributed by atoms with E-state index in [9.17, 15) is 4.79 Å². The van der Waals surface area contributed by atoms with Crippen LogP contribution in [0.3, 0.4) is 0 Å². The zero-order chi connectivity index (χ0) is 9.72. The predicted octanol–water partition coefficient (Wildman–Crippen LogP) is 1.29. The maximum Gasteiger partial charge on any atom is 0.305 e. The first-order valence-corrected chi connectivity index (χ1v) is 4.04. The van der Waals surface area contributed by atoms with Crippen molar-refractivity contribution in [3.63, 3.8) is 0 Å². The SMILES string of the molecule is CC(C)C[C@H]([NH-])[C@@H](O)CC(=O)O.[Fe]. The Morgan fingerprint density at radius 1 is 1.46 bits per heavy atom. The van der Waals surface area contributed by atoms with E-state index in [4.69, 9.17) is 15.9 Å². The summed E-state index contributed by atoms with van der Waals surface area (Å²) in [6, 6.07) is -0.680. The molecule has 3 N–H and O–H groups in total. The number of aliphatic carboxylic acids is 1. The smallest absolute Gasteiger partial charge is 0.305 e. The maximum atomic E-state index is 10.2. The number of hydrogen-bond acceptors (Lipinski definition) is 2. The third-order valence-electron chi connectivity index (χ3n) is 1.57. The molecule has 0 radical (unpaired) electrons. The summed E-state index contributed by atoms with van der Waals surface area (Å²) >= 11 is 0. The molecule has 4 nitrogen and oxygen atoms in total. The second kappa shape index (κ2) is 7.33. The number of aliphatic hydroxyl groups excluding tert-OH is 1. The molecule has 0 aliphatic carbocycles. The van der Waals surface area contributed by atoms with Crippen LogP contribution in [0.25, 0.3) is 5.73 Å². The van der Waals surface area contributed by atoms with Crippen LogP contribution in [0.1, 0.15) is 26.7 Å². The molecule has 0 aromatic heterocycles. The summed E-state index contributed by atoms with van der Waals surface area (Å²) in [6.07, 6.45) is -0.833. The van der Waals surface area contributed by atoms with Crippen LogP contribution in [0, 0.1) is 5.92 Å². The van der Waals surface area contributed by atoms with Crippen LogP contribution in [-0.4, -0.2) is 28.3 Å². The van der Waals surface area contributed by atoms with Crippen molar-refractivity contribution in [1.29, 1.82) is 0 Å². The third-order valence-corrected chi connectivity index (χ3v) is 1.57. The monoisotopic (exact) mass is 230 g/mol. The predicted molar refractivity (Wildman–Crippen MR) is 45.8 cm³/mol. The van der Waals surface area contributed by atoms with Crippen molar-refractivity contribution >= 4 is 5.97 Å². The molecule has 2 atom stereocenters. The molecule has 0 rings (SSSR count). The molecule has 0 unspecified atom stereocenters. The largest absolute Gasteiger partial charge is 0.673 e. The van der Waals surface area contributed by atoms with Crippen LogP contribution < -0.4 is 0 Å². The van der Waals surface area contributed by atoms with Crippen molar-refractivity contribution in [3.05, 3.63) is 5.73 Å². The van der Waals surface area contributed by atoms with Gasteiger partial charge in [0.25, 0.3) is 0 Å². The summed E-state index contributed by atoms with van der Waals surface area (Å²) in [7, 11) is 0. The normalized spacial score (nSPS) is 14.8. The quantitative estimate of drug-likeness (QED) is 0.698. The van der Waals surface area contributed by atoms with E-state index >= 15 is 0 Å². The fourth-order valence-electron chi connectivity index (χ4n) is 0.986. The van der Waals surface area contributed by atoms with Crippen LogP contribution in [0.2, 0.25) is 0 Å². The van der Waals surface area contributed by atoms with Crippen LogP contribution >= 0.6 is 0 Å². The number of carbonyl (C=O) groups is 1. The van der Waals surface area contributed by atoms with Gasteiger partial charge in [-0.25, -0.2) is 0 Å². The number of aliphatic hydroxyl groups is 1. The topological polar surface area (TPSA) is 81.3 Å². The fraction of sp³-hybridized carbons (Fsp3) is 0.875. The molecule has 0 bridgehead atoms. The van der Waals surface area contributed by atoms with Gasteiger partial charge in [-0.1, -0.05) is 20.3 Å². The van der Waals surface area contributed by atoms with Crippen molar-refractivity contribution in [3.8, 4) is 0 Å². The molecule has 0 aliphatic heterocycles. The number of nitrogens with one attached hydrogen (secondary N) is 1. The van der Waals surface area contributed by atoms with E-state index in [2.05, 4.69) is 0 Å². The average molecular weight is 230 g/mol. The molecule has 0 aliphatic rings. The third kappa shape index (κ3) is 8.25. The minimum Gasteiger partial charge on any atom is -0.673 e. The van der Waals surface area contributed by atoms with Gasteiger partial charge in [-0.05, 0) is 5.92 Å². The summed E-state index contributed by atoms with van der Waals surface area (Å²) in [6.45, 7) is 3.88. The van der Waals surface area contributed by atoms with E-state index in [0.29, 0.717) is 12.3 Å². The zero-order valence-electron chi connectivity index (χ0n) is 7.80. The molecule has 0 spiro atoms. The van der Waals surface area contributed by atoms with Crippen LogP contribution in [-0.2, 0) is 21.9 Å². The Bertz CT molecular complexity index is 152. The minimum absolute atomic E-state index is 0. The van der Waals surface area contributed by atoms with E-state index in [1.807, 2.05) is 13.8 Å². The van der Waals surface area contributed by atoms with Gasteiger partial charge in [-0.15, -0.1) is 6.04 Å². The first-order chi connectivity index (χ1) is 5.43. The van der Waals surface area contributed by atoms with Crippen molar-refractivity contribution in [2.45, 2.75) is 38.8 Å². The molecular formula is C8H16FeNO3-. The molecule has 0 saturated carbocycles. The van der Waals surface area contributed by atoms with Crippen LogP contribution in [0.5, 0.6) is 0 Å². The minimum atomic E-state index is -1.05. The Morgan fingerprint density at radius 3 is 2.23 bits per heavy atom. The number of carboxylic acid groups (broad SMARTS) is 1. The van der Waals surface area contributed by atoms with E-state index in [-0.39, 0.29) is 23.5 Å². The maximum absolute atomic E-state index is 10.2. The van der Waals surface area contributed by atoms with E-state index in [1.54, 1.807) is 0 Å². The number of hydrogen-bond donors (Lipinski definition) is 2. The molecular weight excluding hydrogens is 214 g/mol. The standard InChI is InChI=1S/C8H16NO3.Fe/c1-5(2)3-6(9)7(10)4-8(11)12;/h5-7,9-10H,3-4H2,1-2H3,(H,11,12);/q-1;/t6-,7-;/m0./s1. The van der Waals surface area contributed by atoms with Crippen molar-refractivity contribution in [2.75, 3.05) is 0 Å². The summed E-state index contributed by atoms with van der Waals surface area (Å²) in [5.41, 5.74) is 7.39. The Labute approximate surface area is 89.0 Å². The summed E-state index contributed by atoms with van der Waals surface area (Å²) in [5, 5.41) is 17.5. The van der Waals surface area contributed by atoms with Crippen molar-refractivity contribution < 1.29 is 32.1 Å². The summed E-state index contributed by atoms with van der Waals surface area (Å²) in [4.78, 5) is 10.2. The second-order valence-electron chi connectivity index (χ2n) is 3.40. The van der Waals surface area contributed by atoms with Gasteiger partial charge >= 0.3 is 5.97 Å². The number of carboxylic acids is 1. The van der Waals surface area contributed by atoms with Crippen LogP contribution in [0.4, 0.5) is 0 Å². The first kappa shape index (κ1) is 15.4. The van der Waals surface area contributed by atoms with Gasteiger partial charge in [0, 0.05) is 23.2 Å². The fourth-order valence-corrected chi connectivity index (χ4v) is 0.986. The number of rotatable bonds is 5. The summed E-state index contributed by atoms with van der Waals surface area (Å²) < 4.78 is 0. The zero-order valence-corrected chi connectivity index (χ0v) is 8.91. The van der Waals surface area contributed by atoms with Gasteiger partial charge in [0.05, 0.1) is 6.42 Å². The van der Waals surface area contributed by atoms with Gasteiger partial charge in [0.1, 0.15) is 0 Å². The molecule has 0 aromatic rings. The molecule has 80 valence electrons. The summed E-state index contributed by atoms with van der Waals surface area (Å²) in [5.74, 6) is -0.737. The van der Waals surface area contributed by atoms with E-state index in [1.165, 1.54) is 0 Å². The Morgan fingerprint density at radius 2 is 1.92 bits per heavy atom. The van der Waals surface area contributed by atoms with E-state index < -0.39 is 18.1 Å². The van der Waals surface area contributed by atoms with Gasteiger partial charge < -0.3 is 15.9 Å². The molecule has 0 heterocycles. The van der Waals surface area contributed by atoms with Crippen LogP contribution in [0.15, 0.2) is 0 Å². The van der Waals surface area contributed by atoms with Crippen molar-refractivity contribution in [1.82, 2.24) is 0 Å². The molecule has 5 heteroatoms. The van der Waals surface area contributed by atoms with Crippen molar-refractivity contribution in [2.24, 2.45) is 5.92 Å². The van der Waals surface area contributed by atoms with Gasteiger partial charge in [-0.3, -0.25) is 4.79 Å². The Kier molecular flexibility index (Phi) is 8.67. The molecule has 0 saturated heterocycles. The van der Waals surface area contributed by atoms with E-state index in [0.717, 1.165) is 0 Å². The average Bonchev–Trinajstić information content (AvgIpc) is 1.84. The second-order valence-corrected chi connectivity index (χ2v) is 3.40. The Hall–Kier alpha value is -0.0905. The van der Waals surface area contributed by atoms with Gasteiger partial charge in [-0.2, -0.15) is 0 Å². The molecule has 0 amide bonds. The van der Waals surface area contributed by atoms with Gasteiger partial charge in [0.15, 0.2) is 0 Å². The molecule has 0 aromatic carbocycles. The molecule has 0 fully saturated rings. The first-order valence-electron chi connectivity index (χ1n) is 4.04. The van der Waals surface area contributed by atoms with Gasteiger partial charge in [0.2, 0.25) is 0 Å².